The topological polar surface area (TPSA) is 55.4 Å². The highest BCUT2D eigenvalue weighted by Crippen LogP contribution is 2.14. The molecule has 0 atom stereocenters. The van der Waals surface area contributed by atoms with Crippen LogP contribution in [-0.2, 0) is 14.3 Å². The minimum absolute atomic E-state index is 0.195. The Morgan fingerprint density at radius 2 is 0.714 bits per heavy atom. The van der Waals surface area contributed by atoms with Crippen molar-refractivity contribution in [3.63, 3.8) is 0 Å². The van der Waals surface area contributed by atoms with Crippen molar-refractivity contribution in [2.24, 2.45) is 0 Å². The summed E-state index contributed by atoms with van der Waals surface area (Å²) in [5, 5.41) is 2.75. The van der Waals surface area contributed by atoms with Crippen LogP contribution in [0.15, 0.2) is 0 Å². The van der Waals surface area contributed by atoms with E-state index in [4.69, 9.17) is 4.18 Å². The summed E-state index contributed by atoms with van der Waals surface area (Å²) in [4.78, 5) is 0. The molecule has 0 aliphatic carbocycles. The van der Waals surface area contributed by atoms with Gasteiger partial charge >= 0.3 is 0 Å². The summed E-state index contributed by atoms with van der Waals surface area (Å²) >= 11 is 0. The lowest BCUT2D eigenvalue weighted by Gasteiger charge is -2.06. The van der Waals surface area contributed by atoms with E-state index in [-0.39, 0.29) is 5.75 Å². The van der Waals surface area contributed by atoms with Gasteiger partial charge in [-0.2, -0.15) is 8.42 Å². The maximum Gasteiger partial charge on any atom is 0.267 e. The van der Waals surface area contributed by atoms with Crippen molar-refractivity contribution in [2.45, 2.75) is 168 Å². The quantitative estimate of drug-likeness (QED) is 0.0867. The van der Waals surface area contributed by atoms with Gasteiger partial charge in [0.25, 0.3) is 10.1 Å². The molecule has 0 fully saturated rings. The Kier molecular flexibility index (Phi) is 33.7. The van der Waals surface area contributed by atoms with Crippen LogP contribution in [0.2, 0.25) is 0 Å². The maximum atomic E-state index is 11.9. The monoisotopic (exact) mass is 519 g/mol. The molecule has 0 spiro atoms. The Morgan fingerprint density at radius 3 is 1.03 bits per heavy atom. The van der Waals surface area contributed by atoms with Crippen molar-refractivity contribution in [1.29, 1.82) is 0 Å². The first kappa shape index (κ1) is 37.0. The Hall–Kier alpha value is -0.130. The van der Waals surface area contributed by atoms with Crippen molar-refractivity contribution >= 4 is 10.1 Å². The van der Waals surface area contributed by atoms with Gasteiger partial charge in [0.2, 0.25) is 0 Å². The molecule has 0 unspecified atom stereocenters. The molecule has 0 aliphatic rings. The zero-order chi connectivity index (χ0) is 26.3. The third-order valence-corrected chi connectivity index (χ3v) is 7.82. The molecule has 0 saturated heterocycles. The van der Waals surface area contributed by atoms with Crippen LogP contribution >= 0.6 is 0 Å². The standard InChI is InChI=1S/C28H58O3S.C2H7N/c1-3-5-7-9-11-13-14-15-16-17-18-19-20-21-23-25-27-31-32(29,30)28-26-24-22-12-10-8-6-4-2;1-3-2/h3-28H2,1-2H3;3H,1-2H3. The highest BCUT2D eigenvalue weighted by molar-refractivity contribution is 7.86. The number of hydrogen-bond donors (Lipinski definition) is 1. The molecule has 0 heterocycles. The van der Waals surface area contributed by atoms with E-state index in [9.17, 15) is 8.42 Å². The molecule has 0 aromatic carbocycles. The fourth-order valence-corrected chi connectivity index (χ4v) is 5.36. The van der Waals surface area contributed by atoms with Crippen molar-refractivity contribution in [3.8, 4) is 0 Å². The minimum atomic E-state index is -3.30. The lowest BCUT2D eigenvalue weighted by Crippen LogP contribution is -2.11. The SMILES string of the molecule is CCCCCCCCCCCCCCCCCCOS(=O)(=O)CCCCCCCCCC.CNC. The molecule has 214 valence electrons. The fraction of sp³-hybridized carbons (Fsp3) is 1.00. The van der Waals surface area contributed by atoms with Crippen molar-refractivity contribution in [3.05, 3.63) is 0 Å². The van der Waals surface area contributed by atoms with Gasteiger partial charge in [0.15, 0.2) is 0 Å². The second-order valence-corrected chi connectivity index (χ2v) is 12.1. The highest BCUT2D eigenvalue weighted by atomic mass is 32.2. The van der Waals surface area contributed by atoms with Crippen molar-refractivity contribution in [2.75, 3.05) is 26.5 Å². The average Bonchev–Trinajstić information content (AvgIpc) is 2.83. The van der Waals surface area contributed by atoms with Gasteiger partial charge in [0.1, 0.15) is 0 Å². The Labute approximate surface area is 222 Å². The summed E-state index contributed by atoms with van der Waals surface area (Å²) in [5.41, 5.74) is 0. The van der Waals surface area contributed by atoms with Crippen LogP contribution in [0.5, 0.6) is 0 Å². The Bertz CT molecular complexity index is 468. The first-order chi connectivity index (χ1) is 17.0. The normalized spacial score (nSPS) is 11.4. The van der Waals surface area contributed by atoms with E-state index in [2.05, 4.69) is 19.2 Å². The van der Waals surface area contributed by atoms with Crippen molar-refractivity contribution in [1.82, 2.24) is 5.32 Å². The van der Waals surface area contributed by atoms with E-state index in [1.807, 2.05) is 14.1 Å². The Balaban J connectivity index is 0. The molecule has 0 bridgehead atoms. The predicted molar refractivity (Wildman–Crippen MR) is 157 cm³/mol. The van der Waals surface area contributed by atoms with Gasteiger partial charge in [-0.1, -0.05) is 155 Å². The van der Waals surface area contributed by atoms with Crippen LogP contribution in [0, 0.1) is 0 Å². The molecule has 5 heteroatoms. The first-order valence-electron chi connectivity index (χ1n) is 15.5. The lowest BCUT2D eigenvalue weighted by molar-refractivity contribution is 0.305. The first-order valence-corrected chi connectivity index (χ1v) is 17.1. The number of hydrogen-bond acceptors (Lipinski definition) is 4. The van der Waals surface area contributed by atoms with E-state index >= 15 is 0 Å². The van der Waals surface area contributed by atoms with Gasteiger partial charge in [0, 0.05) is 0 Å². The van der Waals surface area contributed by atoms with Gasteiger partial charge in [-0.15, -0.1) is 0 Å². The van der Waals surface area contributed by atoms with E-state index in [0.717, 1.165) is 32.1 Å². The predicted octanol–water partition coefficient (Wildman–Crippen LogP) is 9.57. The van der Waals surface area contributed by atoms with Gasteiger partial charge in [-0.05, 0) is 26.9 Å². The number of rotatable bonds is 27. The molecule has 0 rings (SSSR count). The summed E-state index contributed by atoms with van der Waals surface area (Å²) in [7, 11) is 0.446. The largest absolute Gasteiger partial charge is 0.323 e. The summed E-state index contributed by atoms with van der Waals surface area (Å²) in [6.07, 6.45) is 30.6. The minimum Gasteiger partial charge on any atom is -0.323 e. The molecule has 4 nitrogen and oxygen atoms in total. The summed E-state index contributed by atoms with van der Waals surface area (Å²) in [6.45, 7) is 4.88. The zero-order valence-corrected chi connectivity index (χ0v) is 25.3. The van der Waals surface area contributed by atoms with E-state index < -0.39 is 10.1 Å². The molecule has 0 saturated carbocycles. The Morgan fingerprint density at radius 1 is 0.457 bits per heavy atom. The van der Waals surface area contributed by atoms with Crippen LogP contribution < -0.4 is 5.32 Å². The average molecular weight is 520 g/mol. The molecule has 0 amide bonds. The van der Waals surface area contributed by atoms with Gasteiger partial charge < -0.3 is 5.32 Å². The van der Waals surface area contributed by atoms with Crippen LogP contribution in [0.1, 0.15) is 168 Å². The van der Waals surface area contributed by atoms with E-state index in [1.165, 1.54) is 122 Å². The summed E-state index contributed by atoms with van der Waals surface area (Å²) in [6, 6.07) is 0. The highest BCUT2D eigenvalue weighted by Gasteiger charge is 2.10. The lowest BCUT2D eigenvalue weighted by atomic mass is 10.0. The van der Waals surface area contributed by atoms with Crippen LogP contribution in [-0.4, -0.2) is 34.9 Å². The van der Waals surface area contributed by atoms with Crippen LogP contribution in [0.4, 0.5) is 0 Å². The van der Waals surface area contributed by atoms with Crippen LogP contribution in [0.3, 0.4) is 0 Å². The zero-order valence-electron chi connectivity index (χ0n) is 24.5. The smallest absolute Gasteiger partial charge is 0.267 e. The molecule has 1 N–H and O–H groups in total. The van der Waals surface area contributed by atoms with Gasteiger partial charge in [-0.3, -0.25) is 4.18 Å². The van der Waals surface area contributed by atoms with Crippen molar-refractivity contribution < 1.29 is 12.6 Å². The molecule has 35 heavy (non-hydrogen) atoms. The summed E-state index contributed by atoms with van der Waals surface area (Å²) < 4.78 is 29.1. The van der Waals surface area contributed by atoms with E-state index in [1.54, 1.807) is 0 Å². The number of nitrogens with one attached hydrogen (secondary N) is 1. The molecule has 0 aromatic heterocycles. The molecular weight excluding hydrogens is 454 g/mol. The third-order valence-electron chi connectivity index (χ3n) is 6.51. The summed E-state index contributed by atoms with van der Waals surface area (Å²) in [5.74, 6) is 0.195. The van der Waals surface area contributed by atoms with Gasteiger partial charge in [0.05, 0.1) is 12.4 Å². The molecule has 0 aliphatic heterocycles. The fourth-order valence-electron chi connectivity index (χ4n) is 4.31. The second kappa shape index (κ2) is 31.9. The number of unbranched alkanes of at least 4 members (excludes halogenated alkanes) is 22. The van der Waals surface area contributed by atoms with Crippen LogP contribution in [0.25, 0.3) is 0 Å². The van der Waals surface area contributed by atoms with Gasteiger partial charge in [-0.25, -0.2) is 0 Å². The molecule has 0 radical (unpaired) electrons. The third kappa shape index (κ3) is 36.1. The molecule has 0 aromatic rings. The molecular formula is C30H65NO3S. The van der Waals surface area contributed by atoms with E-state index in [0.29, 0.717) is 6.61 Å². The second-order valence-electron chi connectivity index (χ2n) is 10.4. The maximum absolute atomic E-state index is 11.9.